The highest BCUT2D eigenvalue weighted by Gasteiger charge is 2.38. The first kappa shape index (κ1) is 23.8. The summed E-state index contributed by atoms with van der Waals surface area (Å²) in [6, 6.07) is 11.2. The zero-order chi connectivity index (χ0) is 25.7. The number of rotatable bonds is 3. The normalized spacial score (nSPS) is 16.0. The predicted octanol–water partition coefficient (Wildman–Crippen LogP) is 3.69. The highest BCUT2D eigenvalue weighted by molar-refractivity contribution is 7.90. The maximum Gasteiger partial charge on any atom is 0.416 e. The van der Waals surface area contributed by atoms with Crippen LogP contribution >= 0.6 is 0 Å². The number of halogens is 3. The Morgan fingerprint density at radius 1 is 1.11 bits per heavy atom. The third-order valence-electron chi connectivity index (χ3n) is 5.46. The lowest BCUT2D eigenvalue weighted by molar-refractivity contribution is -0.137. The average Bonchev–Trinajstić information content (AvgIpc) is 3.17. The minimum absolute atomic E-state index is 0.00728. The molecule has 9 nitrogen and oxygen atoms in total. The Morgan fingerprint density at radius 3 is 2.43 bits per heavy atom. The van der Waals surface area contributed by atoms with Gasteiger partial charge < -0.3 is 5.73 Å². The molecule has 3 aromatic rings. The molecule has 2 heterocycles. The van der Waals surface area contributed by atoms with Crippen molar-refractivity contribution in [2.45, 2.75) is 24.0 Å². The zero-order valence-electron chi connectivity index (χ0n) is 18.2. The van der Waals surface area contributed by atoms with E-state index in [2.05, 4.69) is 10.1 Å². The Kier molecular flexibility index (Phi) is 5.53. The highest BCUT2D eigenvalue weighted by atomic mass is 32.2. The summed E-state index contributed by atoms with van der Waals surface area (Å²) in [5, 5.41) is 23.4. The van der Waals surface area contributed by atoms with Gasteiger partial charge in [-0.25, -0.2) is 13.1 Å². The van der Waals surface area contributed by atoms with Crippen LogP contribution in [0.25, 0.3) is 0 Å². The van der Waals surface area contributed by atoms with Gasteiger partial charge in [-0.1, -0.05) is 12.1 Å². The molecule has 0 saturated carbocycles. The molecule has 0 amide bonds. The first-order chi connectivity index (χ1) is 16.4. The van der Waals surface area contributed by atoms with Crippen LogP contribution in [0.2, 0.25) is 0 Å². The quantitative estimate of drug-likeness (QED) is 0.575. The van der Waals surface area contributed by atoms with Crippen molar-refractivity contribution >= 4 is 27.4 Å². The minimum atomic E-state index is -4.61. The molecule has 1 aliphatic rings. The molecular weight excluding hydrogens is 483 g/mol. The van der Waals surface area contributed by atoms with E-state index in [9.17, 15) is 32.1 Å². The molecule has 1 aromatic heterocycles. The molecule has 35 heavy (non-hydrogen) atoms. The van der Waals surface area contributed by atoms with E-state index < -0.39 is 27.6 Å². The number of hydrogen-bond donors (Lipinski definition) is 1. The van der Waals surface area contributed by atoms with Gasteiger partial charge in [-0.3, -0.25) is 4.90 Å². The maximum atomic E-state index is 13.4. The summed E-state index contributed by atoms with van der Waals surface area (Å²) in [5.41, 5.74) is 5.42. The van der Waals surface area contributed by atoms with Crippen LogP contribution in [0, 0.1) is 22.7 Å². The number of aromatic nitrogens is 3. The Morgan fingerprint density at radius 2 is 1.83 bits per heavy atom. The Bertz CT molecular complexity index is 1580. The molecule has 0 bridgehead atoms. The smallest absolute Gasteiger partial charge is 0.366 e. The van der Waals surface area contributed by atoms with E-state index in [0.717, 1.165) is 18.4 Å². The molecule has 1 unspecified atom stereocenters. The van der Waals surface area contributed by atoms with Gasteiger partial charge in [-0.05, 0) is 37.3 Å². The molecule has 2 aromatic carbocycles. The SMILES string of the molecule is CC1=C(C#N)C(c2ccc(C#N)cc2S(C)(=O)=O)n2nc(N)nc2N1c1cccc(C(F)(F)F)c1. The second kappa shape index (κ2) is 8.14. The summed E-state index contributed by atoms with van der Waals surface area (Å²) < 4.78 is 66.4. The number of nitrogens with zero attached hydrogens (tertiary/aromatic N) is 6. The number of sulfone groups is 1. The van der Waals surface area contributed by atoms with Gasteiger partial charge in [-0.2, -0.15) is 28.7 Å². The standard InChI is InChI=1S/C22H16F3N7O2S/c1-12-17(11-27)19(16-7-6-13(10-26)8-18(16)35(2,33)34)32-21(29-20(28)30-32)31(12)15-5-3-4-14(9-15)22(23,24)25/h3-9,19H,1-2H3,(H2,28,30). The van der Waals surface area contributed by atoms with Crippen molar-refractivity contribution < 1.29 is 21.6 Å². The van der Waals surface area contributed by atoms with E-state index in [1.54, 1.807) is 0 Å². The molecular formula is C22H16F3N7O2S. The van der Waals surface area contributed by atoms with Gasteiger partial charge in [0, 0.05) is 23.2 Å². The number of nitriles is 2. The summed E-state index contributed by atoms with van der Waals surface area (Å²) in [5.74, 6) is -0.240. The molecule has 0 fully saturated rings. The summed E-state index contributed by atoms with van der Waals surface area (Å²) in [6.07, 6.45) is -3.65. The number of nitrogen functional groups attached to an aromatic ring is 1. The second-order valence-corrected chi connectivity index (χ2v) is 9.73. The first-order valence-electron chi connectivity index (χ1n) is 9.91. The molecule has 0 saturated heterocycles. The number of hydrogen-bond acceptors (Lipinski definition) is 8. The molecule has 1 atom stereocenters. The van der Waals surface area contributed by atoms with Crippen LogP contribution in [0.5, 0.6) is 0 Å². The van der Waals surface area contributed by atoms with Gasteiger partial charge in [0.05, 0.1) is 33.7 Å². The lowest BCUT2D eigenvalue weighted by Gasteiger charge is -2.34. The van der Waals surface area contributed by atoms with Gasteiger partial charge in [0.15, 0.2) is 9.84 Å². The molecule has 0 aliphatic carbocycles. The highest BCUT2D eigenvalue weighted by Crippen LogP contribution is 2.44. The fraction of sp³-hybridized carbons (Fsp3) is 0.182. The van der Waals surface area contributed by atoms with Crippen LogP contribution in [0.3, 0.4) is 0 Å². The fourth-order valence-electron chi connectivity index (χ4n) is 3.96. The van der Waals surface area contributed by atoms with E-state index in [1.807, 2.05) is 12.1 Å². The summed E-state index contributed by atoms with van der Waals surface area (Å²) in [4.78, 5) is 5.25. The van der Waals surface area contributed by atoms with Crippen LogP contribution in [0.1, 0.15) is 29.7 Å². The number of anilines is 3. The topological polar surface area (TPSA) is 142 Å². The van der Waals surface area contributed by atoms with Crippen LogP contribution in [-0.4, -0.2) is 29.4 Å². The van der Waals surface area contributed by atoms with Gasteiger partial charge in [0.1, 0.15) is 6.04 Å². The number of nitrogens with two attached hydrogens (primary N) is 1. The minimum Gasteiger partial charge on any atom is -0.366 e. The fourth-order valence-corrected chi connectivity index (χ4v) is 4.91. The van der Waals surface area contributed by atoms with E-state index >= 15 is 0 Å². The van der Waals surface area contributed by atoms with E-state index in [0.29, 0.717) is 0 Å². The van der Waals surface area contributed by atoms with Gasteiger partial charge in [0.2, 0.25) is 11.9 Å². The van der Waals surface area contributed by atoms with Crippen molar-refractivity contribution in [2.24, 2.45) is 0 Å². The number of alkyl halides is 3. The summed E-state index contributed by atoms with van der Waals surface area (Å²) >= 11 is 0. The average molecular weight is 499 g/mol. The van der Waals surface area contributed by atoms with Crippen molar-refractivity contribution in [2.75, 3.05) is 16.9 Å². The molecule has 0 radical (unpaired) electrons. The van der Waals surface area contributed by atoms with Crippen molar-refractivity contribution in [1.29, 1.82) is 10.5 Å². The Labute approximate surface area is 198 Å². The Hall–Kier alpha value is -4.36. The number of benzene rings is 2. The van der Waals surface area contributed by atoms with Crippen LogP contribution in [0.15, 0.2) is 58.6 Å². The molecule has 178 valence electrons. The predicted molar refractivity (Wildman–Crippen MR) is 119 cm³/mol. The van der Waals surface area contributed by atoms with Gasteiger partial charge >= 0.3 is 6.18 Å². The van der Waals surface area contributed by atoms with Crippen molar-refractivity contribution in [3.63, 3.8) is 0 Å². The third-order valence-corrected chi connectivity index (χ3v) is 6.61. The molecule has 1 aliphatic heterocycles. The molecule has 13 heteroatoms. The van der Waals surface area contributed by atoms with Crippen molar-refractivity contribution in [1.82, 2.24) is 14.8 Å². The maximum absolute atomic E-state index is 13.4. The first-order valence-corrected chi connectivity index (χ1v) is 11.8. The largest absolute Gasteiger partial charge is 0.416 e. The summed E-state index contributed by atoms with van der Waals surface area (Å²) in [6.45, 7) is 1.50. The van der Waals surface area contributed by atoms with Crippen LogP contribution < -0.4 is 10.6 Å². The van der Waals surface area contributed by atoms with Crippen LogP contribution in [-0.2, 0) is 16.0 Å². The van der Waals surface area contributed by atoms with Gasteiger partial charge in [-0.15, -0.1) is 5.10 Å². The third kappa shape index (κ3) is 4.06. The van der Waals surface area contributed by atoms with Crippen molar-refractivity contribution in [3.8, 4) is 12.1 Å². The number of fused-ring (bicyclic) bond motifs is 1. The molecule has 4 rings (SSSR count). The lowest BCUT2D eigenvalue weighted by atomic mass is 9.95. The monoisotopic (exact) mass is 499 g/mol. The van der Waals surface area contributed by atoms with E-state index in [-0.39, 0.29) is 44.9 Å². The summed E-state index contributed by atoms with van der Waals surface area (Å²) in [7, 11) is -3.86. The molecule has 0 spiro atoms. The van der Waals surface area contributed by atoms with E-state index in [4.69, 9.17) is 5.73 Å². The van der Waals surface area contributed by atoms with Crippen molar-refractivity contribution in [3.05, 3.63) is 70.4 Å². The van der Waals surface area contributed by atoms with Crippen LogP contribution in [0.4, 0.5) is 30.8 Å². The lowest BCUT2D eigenvalue weighted by Crippen LogP contribution is -2.31. The zero-order valence-corrected chi connectivity index (χ0v) is 19.1. The second-order valence-electron chi connectivity index (χ2n) is 7.75. The van der Waals surface area contributed by atoms with Gasteiger partial charge in [0.25, 0.3) is 0 Å². The number of allylic oxidation sites excluding steroid dienone is 2. The Balaban J connectivity index is 2.02. The van der Waals surface area contributed by atoms with E-state index in [1.165, 1.54) is 46.8 Å². The molecule has 2 N–H and O–H groups in total.